The van der Waals surface area contributed by atoms with Crippen molar-refractivity contribution < 1.29 is 13.3 Å². The molecule has 0 saturated carbocycles. The lowest BCUT2D eigenvalue weighted by atomic mass is 10.2. The van der Waals surface area contributed by atoms with Gasteiger partial charge in [0.25, 0.3) is 0 Å². The fraction of sp³-hybridized carbons (Fsp3) is 0.143. The molecular weight excluding hydrogens is 345 g/mol. The Balaban J connectivity index is 2.21. The fourth-order valence-corrected chi connectivity index (χ4v) is 3.80. The number of halogens is 2. The maximum Gasteiger partial charge on any atom is 0.165 e. The predicted molar refractivity (Wildman–Crippen MR) is 81.6 cm³/mol. The van der Waals surface area contributed by atoms with Crippen LogP contribution < -0.4 is 10.5 Å². The Morgan fingerprint density at radius 3 is 2.65 bits per heavy atom. The van der Waals surface area contributed by atoms with Crippen LogP contribution in [0.4, 0.5) is 10.1 Å². The molecule has 1 unspecified atom stereocenters. The molecule has 2 aromatic carbocycles. The molecule has 0 radical (unpaired) electrons. The van der Waals surface area contributed by atoms with E-state index in [1.165, 1.54) is 19.2 Å². The van der Waals surface area contributed by atoms with Crippen molar-refractivity contribution in [3.63, 3.8) is 0 Å². The summed E-state index contributed by atoms with van der Waals surface area (Å²) in [6.45, 7) is 0. The van der Waals surface area contributed by atoms with Gasteiger partial charge < -0.3 is 10.5 Å². The van der Waals surface area contributed by atoms with Crippen LogP contribution in [0.5, 0.6) is 5.75 Å². The number of nitrogen functional groups attached to an aromatic ring is 1. The number of rotatable bonds is 4. The van der Waals surface area contributed by atoms with Gasteiger partial charge in [-0.3, -0.25) is 4.21 Å². The van der Waals surface area contributed by atoms with E-state index >= 15 is 0 Å². The van der Waals surface area contributed by atoms with Gasteiger partial charge in [0, 0.05) is 10.2 Å². The molecule has 0 saturated heterocycles. The molecule has 0 aromatic heterocycles. The fourth-order valence-electron chi connectivity index (χ4n) is 1.73. The van der Waals surface area contributed by atoms with E-state index in [-0.39, 0.29) is 11.5 Å². The van der Waals surface area contributed by atoms with Gasteiger partial charge in [-0.05, 0) is 51.8 Å². The Hall–Kier alpha value is -1.40. The Morgan fingerprint density at radius 2 is 2.05 bits per heavy atom. The van der Waals surface area contributed by atoms with Crippen LogP contribution in [0.15, 0.2) is 45.8 Å². The molecule has 2 rings (SSSR count). The number of hydrogen-bond acceptors (Lipinski definition) is 3. The average molecular weight is 358 g/mol. The third-order valence-electron chi connectivity index (χ3n) is 2.72. The van der Waals surface area contributed by atoms with Gasteiger partial charge in [-0.1, -0.05) is 6.07 Å². The van der Waals surface area contributed by atoms with Crippen LogP contribution in [-0.4, -0.2) is 11.3 Å². The van der Waals surface area contributed by atoms with E-state index in [1.54, 1.807) is 24.3 Å². The molecule has 2 aromatic rings. The average Bonchev–Trinajstić information content (AvgIpc) is 2.38. The van der Waals surface area contributed by atoms with Crippen LogP contribution in [0.2, 0.25) is 0 Å². The molecule has 0 bridgehead atoms. The summed E-state index contributed by atoms with van der Waals surface area (Å²) in [6.07, 6.45) is 0. The molecule has 0 spiro atoms. The van der Waals surface area contributed by atoms with Crippen LogP contribution in [0.1, 0.15) is 5.56 Å². The minimum atomic E-state index is -1.28. The number of anilines is 1. The number of hydrogen-bond donors (Lipinski definition) is 1. The molecule has 3 nitrogen and oxygen atoms in total. The highest BCUT2D eigenvalue weighted by Crippen LogP contribution is 2.26. The highest BCUT2D eigenvalue weighted by atomic mass is 79.9. The van der Waals surface area contributed by atoms with E-state index in [9.17, 15) is 8.60 Å². The molecule has 0 aliphatic rings. The highest BCUT2D eigenvalue weighted by molar-refractivity contribution is 9.10. The number of ether oxygens (including phenoxy) is 1. The molecule has 0 heterocycles. The molecular formula is C14H13BrFNO2S. The maximum atomic E-state index is 13.6. The molecule has 106 valence electrons. The van der Waals surface area contributed by atoms with Gasteiger partial charge in [0.2, 0.25) is 0 Å². The largest absolute Gasteiger partial charge is 0.494 e. The van der Waals surface area contributed by atoms with E-state index in [0.29, 0.717) is 20.6 Å². The zero-order chi connectivity index (χ0) is 14.7. The van der Waals surface area contributed by atoms with Gasteiger partial charge in [0.15, 0.2) is 11.6 Å². The number of nitrogens with two attached hydrogens (primary N) is 1. The van der Waals surface area contributed by atoms with Crippen LogP contribution in [0.25, 0.3) is 0 Å². The third kappa shape index (κ3) is 3.37. The Morgan fingerprint density at radius 1 is 1.30 bits per heavy atom. The summed E-state index contributed by atoms with van der Waals surface area (Å²) in [5.41, 5.74) is 6.87. The first-order valence-corrected chi connectivity index (χ1v) is 7.88. The summed E-state index contributed by atoms with van der Waals surface area (Å²) in [4.78, 5) is 0.635. The zero-order valence-electron chi connectivity index (χ0n) is 10.7. The second-order valence-electron chi connectivity index (χ2n) is 4.15. The zero-order valence-corrected chi connectivity index (χ0v) is 13.1. The number of benzene rings is 2. The van der Waals surface area contributed by atoms with Crippen molar-refractivity contribution in [3.05, 3.63) is 52.3 Å². The summed E-state index contributed by atoms with van der Waals surface area (Å²) in [5, 5.41) is 0. The van der Waals surface area contributed by atoms with Gasteiger partial charge in [-0.25, -0.2) is 4.39 Å². The van der Waals surface area contributed by atoms with Gasteiger partial charge >= 0.3 is 0 Å². The first kappa shape index (κ1) is 15.0. The summed E-state index contributed by atoms with van der Waals surface area (Å²) >= 11 is 3.33. The van der Waals surface area contributed by atoms with Crippen LogP contribution in [-0.2, 0) is 16.6 Å². The van der Waals surface area contributed by atoms with Gasteiger partial charge in [-0.2, -0.15) is 0 Å². The lowest BCUT2D eigenvalue weighted by Crippen LogP contribution is -1.99. The lowest BCUT2D eigenvalue weighted by Gasteiger charge is -2.07. The topological polar surface area (TPSA) is 52.3 Å². The number of methoxy groups -OCH3 is 1. The molecule has 1 atom stereocenters. The van der Waals surface area contributed by atoms with Crippen molar-refractivity contribution in [1.29, 1.82) is 0 Å². The molecule has 0 aliphatic carbocycles. The standard InChI is InChI=1S/C14H13BrFNO2S/c1-19-13-4-2-9(6-12(13)16)8-20(18)14-5-3-10(17)7-11(14)15/h2-7H,8,17H2,1H3. The van der Waals surface area contributed by atoms with Crippen molar-refractivity contribution in [2.45, 2.75) is 10.6 Å². The first-order chi connectivity index (χ1) is 9.51. The Bertz CT molecular complexity index is 664. The van der Waals surface area contributed by atoms with E-state index < -0.39 is 16.6 Å². The smallest absolute Gasteiger partial charge is 0.165 e. The summed E-state index contributed by atoms with van der Waals surface area (Å²) in [6, 6.07) is 9.65. The van der Waals surface area contributed by atoms with E-state index in [0.717, 1.165) is 0 Å². The van der Waals surface area contributed by atoms with Crippen LogP contribution in [0.3, 0.4) is 0 Å². The third-order valence-corrected chi connectivity index (χ3v) is 5.08. The predicted octanol–water partition coefficient (Wildman–Crippen LogP) is 3.49. The van der Waals surface area contributed by atoms with Crippen LogP contribution in [0, 0.1) is 5.82 Å². The Labute approximate surface area is 127 Å². The van der Waals surface area contributed by atoms with Gasteiger partial charge in [-0.15, -0.1) is 0 Å². The minimum absolute atomic E-state index is 0.174. The van der Waals surface area contributed by atoms with Crippen molar-refractivity contribution in [3.8, 4) is 5.75 Å². The van der Waals surface area contributed by atoms with E-state index in [2.05, 4.69) is 15.9 Å². The molecule has 0 fully saturated rings. The van der Waals surface area contributed by atoms with Gasteiger partial charge in [0.05, 0.1) is 28.6 Å². The molecule has 20 heavy (non-hydrogen) atoms. The Kier molecular flexibility index (Phi) is 4.77. The second-order valence-corrected chi connectivity index (χ2v) is 6.42. The van der Waals surface area contributed by atoms with Crippen molar-refractivity contribution in [2.24, 2.45) is 0 Å². The van der Waals surface area contributed by atoms with Gasteiger partial charge in [0.1, 0.15) is 0 Å². The van der Waals surface area contributed by atoms with Crippen molar-refractivity contribution in [2.75, 3.05) is 12.8 Å². The second kappa shape index (κ2) is 6.37. The van der Waals surface area contributed by atoms with E-state index in [4.69, 9.17) is 10.5 Å². The van der Waals surface area contributed by atoms with Crippen LogP contribution >= 0.6 is 15.9 Å². The summed E-state index contributed by atoms with van der Waals surface area (Å²) in [7, 11) is 0.124. The quantitative estimate of drug-likeness (QED) is 0.852. The molecule has 6 heteroatoms. The minimum Gasteiger partial charge on any atom is -0.494 e. The summed E-state index contributed by atoms with van der Waals surface area (Å²) in [5.74, 6) is -0.0600. The molecule has 0 amide bonds. The van der Waals surface area contributed by atoms with Crippen molar-refractivity contribution >= 4 is 32.4 Å². The first-order valence-electron chi connectivity index (χ1n) is 5.77. The normalized spacial score (nSPS) is 12.2. The summed E-state index contributed by atoms with van der Waals surface area (Å²) < 4.78 is 31.4. The lowest BCUT2D eigenvalue weighted by molar-refractivity contribution is 0.386. The van der Waals surface area contributed by atoms with E-state index in [1.807, 2.05) is 0 Å². The highest BCUT2D eigenvalue weighted by Gasteiger charge is 2.11. The molecule has 2 N–H and O–H groups in total. The monoisotopic (exact) mass is 357 g/mol. The molecule has 0 aliphatic heterocycles. The SMILES string of the molecule is COc1ccc(CS(=O)c2ccc(N)cc2Br)cc1F. The van der Waals surface area contributed by atoms with Crippen molar-refractivity contribution in [1.82, 2.24) is 0 Å². The maximum absolute atomic E-state index is 13.6.